The molecule has 0 aromatic carbocycles. The van der Waals surface area contributed by atoms with Gasteiger partial charge in [0.2, 0.25) is 0 Å². The van der Waals surface area contributed by atoms with Crippen LogP contribution in [-0.2, 0) is 6.54 Å². The lowest BCUT2D eigenvalue weighted by Gasteiger charge is -2.16. The summed E-state index contributed by atoms with van der Waals surface area (Å²) in [5, 5.41) is 4.10. The smallest absolute Gasteiger partial charge is 0.266 e. The van der Waals surface area contributed by atoms with E-state index in [9.17, 15) is 0 Å². The Kier molecular flexibility index (Phi) is 3.92. The molecule has 1 aliphatic rings. The molecule has 2 aromatic heterocycles. The Bertz CT molecular complexity index is 560. The van der Waals surface area contributed by atoms with E-state index in [2.05, 4.69) is 20.0 Å². The number of rotatable bonds is 3. The third-order valence-electron chi connectivity index (χ3n) is 3.58. The van der Waals surface area contributed by atoms with Crippen molar-refractivity contribution in [2.24, 2.45) is 5.73 Å². The maximum absolute atomic E-state index is 5.60. The van der Waals surface area contributed by atoms with Crippen LogP contribution >= 0.6 is 0 Å². The van der Waals surface area contributed by atoms with Crippen LogP contribution < -0.4 is 10.6 Å². The molecule has 0 saturated carbocycles. The average Bonchev–Trinajstić information content (AvgIpc) is 2.83. The molecule has 1 saturated heterocycles. The summed E-state index contributed by atoms with van der Waals surface area (Å²) < 4.78 is 5.37. The molecule has 0 bridgehead atoms. The molecule has 3 rings (SSSR count). The van der Waals surface area contributed by atoms with Crippen molar-refractivity contribution in [1.29, 1.82) is 0 Å². The van der Waals surface area contributed by atoms with Crippen LogP contribution in [0.2, 0.25) is 0 Å². The lowest BCUT2D eigenvalue weighted by atomic mass is 10.2. The number of anilines is 1. The molecule has 1 aliphatic heterocycles. The van der Waals surface area contributed by atoms with Gasteiger partial charge in [0.1, 0.15) is 0 Å². The second kappa shape index (κ2) is 6.00. The lowest BCUT2D eigenvalue weighted by Crippen LogP contribution is -2.24. The minimum Gasteiger partial charge on any atom is -0.338 e. The van der Waals surface area contributed by atoms with Crippen LogP contribution in [0.5, 0.6) is 0 Å². The third kappa shape index (κ3) is 2.80. The van der Waals surface area contributed by atoms with Gasteiger partial charge in [0.25, 0.3) is 11.8 Å². The molecule has 0 atom stereocenters. The highest BCUT2D eigenvalue weighted by Crippen LogP contribution is 2.22. The van der Waals surface area contributed by atoms with E-state index in [1.54, 1.807) is 6.20 Å². The van der Waals surface area contributed by atoms with Crippen molar-refractivity contribution >= 4 is 5.95 Å². The van der Waals surface area contributed by atoms with Crippen molar-refractivity contribution < 1.29 is 4.52 Å². The van der Waals surface area contributed by atoms with E-state index in [0.717, 1.165) is 24.3 Å². The van der Waals surface area contributed by atoms with Crippen LogP contribution in [0.1, 0.15) is 31.4 Å². The van der Waals surface area contributed by atoms with Gasteiger partial charge in [-0.15, -0.1) is 0 Å². The first-order chi connectivity index (χ1) is 9.86. The molecular formula is C14H19N5O. The zero-order chi connectivity index (χ0) is 13.8. The van der Waals surface area contributed by atoms with Gasteiger partial charge < -0.3 is 15.2 Å². The molecule has 2 aromatic rings. The van der Waals surface area contributed by atoms with Crippen molar-refractivity contribution in [3.8, 4) is 11.5 Å². The molecule has 20 heavy (non-hydrogen) atoms. The largest absolute Gasteiger partial charge is 0.338 e. The summed E-state index contributed by atoms with van der Waals surface area (Å²) in [5.41, 5.74) is 7.29. The quantitative estimate of drug-likeness (QED) is 0.920. The van der Waals surface area contributed by atoms with Gasteiger partial charge in [0.05, 0.1) is 5.69 Å². The number of pyridine rings is 1. The second-order valence-electron chi connectivity index (χ2n) is 5.04. The van der Waals surface area contributed by atoms with E-state index in [1.165, 1.54) is 25.7 Å². The van der Waals surface area contributed by atoms with Gasteiger partial charge in [0.15, 0.2) is 0 Å². The standard InChI is InChI=1S/C14H19N5O/c15-10-12-9-11(5-6-16-12)13-17-14(18-20-13)19-7-3-1-2-4-8-19/h5-6,9H,1-4,7-8,10,15H2. The highest BCUT2D eigenvalue weighted by atomic mass is 16.5. The summed E-state index contributed by atoms with van der Waals surface area (Å²) in [5.74, 6) is 1.22. The van der Waals surface area contributed by atoms with Gasteiger partial charge in [-0.2, -0.15) is 4.98 Å². The highest BCUT2D eigenvalue weighted by molar-refractivity contribution is 5.54. The summed E-state index contributed by atoms with van der Waals surface area (Å²) in [4.78, 5) is 10.9. The Labute approximate surface area is 118 Å². The number of hydrogen-bond donors (Lipinski definition) is 1. The molecule has 2 N–H and O–H groups in total. The molecule has 0 unspecified atom stereocenters. The molecule has 6 nitrogen and oxygen atoms in total. The van der Waals surface area contributed by atoms with Crippen molar-refractivity contribution in [2.75, 3.05) is 18.0 Å². The predicted octanol–water partition coefficient (Wildman–Crippen LogP) is 1.97. The Hall–Kier alpha value is -1.95. The first-order valence-corrected chi connectivity index (χ1v) is 7.11. The van der Waals surface area contributed by atoms with Gasteiger partial charge in [-0.1, -0.05) is 12.8 Å². The topological polar surface area (TPSA) is 81.1 Å². The molecule has 0 radical (unpaired) electrons. The summed E-state index contributed by atoms with van der Waals surface area (Å²) in [6.07, 6.45) is 6.66. The first-order valence-electron chi connectivity index (χ1n) is 7.11. The fourth-order valence-corrected chi connectivity index (χ4v) is 2.45. The van der Waals surface area contributed by atoms with Crippen molar-refractivity contribution in [3.63, 3.8) is 0 Å². The number of nitrogens with zero attached hydrogens (tertiary/aromatic N) is 4. The first kappa shape index (κ1) is 13.1. The minimum absolute atomic E-state index is 0.404. The fraction of sp³-hybridized carbons (Fsp3) is 0.500. The summed E-state index contributed by atoms with van der Waals surface area (Å²) in [7, 11) is 0. The molecule has 6 heteroatoms. The zero-order valence-corrected chi connectivity index (χ0v) is 11.5. The fourth-order valence-electron chi connectivity index (χ4n) is 2.45. The van der Waals surface area contributed by atoms with Crippen LogP contribution in [0.3, 0.4) is 0 Å². The SMILES string of the molecule is NCc1cc(-c2nc(N3CCCCCC3)no2)ccn1. The number of nitrogens with two attached hydrogens (primary N) is 1. The molecule has 106 valence electrons. The zero-order valence-electron chi connectivity index (χ0n) is 11.5. The van der Waals surface area contributed by atoms with Crippen LogP contribution in [0.15, 0.2) is 22.9 Å². The summed E-state index contributed by atoms with van der Waals surface area (Å²) in [6, 6.07) is 3.75. The predicted molar refractivity (Wildman–Crippen MR) is 76.1 cm³/mol. The highest BCUT2D eigenvalue weighted by Gasteiger charge is 2.16. The monoisotopic (exact) mass is 273 g/mol. The third-order valence-corrected chi connectivity index (χ3v) is 3.58. The van der Waals surface area contributed by atoms with E-state index in [-0.39, 0.29) is 0 Å². The van der Waals surface area contributed by atoms with Gasteiger partial charge in [-0.25, -0.2) is 0 Å². The molecule has 0 amide bonds. The van der Waals surface area contributed by atoms with Gasteiger partial charge in [-0.05, 0) is 30.1 Å². The Morgan fingerprint density at radius 3 is 2.75 bits per heavy atom. The Balaban J connectivity index is 1.81. The second-order valence-corrected chi connectivity index (χ2v) is 5.04. The van der Waals surface area contributed by atoms with E-state index in [1.807, 2.05) is 12.1 Å². The molecule has 3 heterocycles. The molecular weight excluding hydrogens is 254 g/mol. The maximum atomic E-state index is 5.60. The van der Waals surface area contributed by atoms with Crippen molar-refractivity contribution in [2.45, 2.75) is 32.2 Å². The van der Waals surface area contributed by atoms with Crippen LogP contribution in [0, 0.1) is 0 Å². The van der Waals surface area contributed by atoms with Crippen LogP contribution in [-0.4, -0.2) is 28.2 Å². The van der Waals surface area contributed by atoms with E-state index in [0.29, 0.717) is 18.4 Å². The maximum Gasteiger partial charge on any atom is 0.266 e. The van der Waals surface area contributed by atoms with E-state index in [4.69, 9.17) is 10.3 Å². The Morgan fingerprint density at radius 2 is 2.00 bits per heavy atom. The van der Waals surface area contributed by atoms with E-state index >= 15 is 0 Å². The van der Waals surface area contributed by atoms with Gasteiger partial charge >= 0.3 is 0 Å². The molecule has 1 fully saturated rings. The van der Waals surface area contributed by atoms with Gasteiger partial charge in [-0.3, -0.25) is 4.98 Å². The average molecular weight is 273 g/mol. The van der Waals surface area contributed by atoms with Crippen molar-refractivity contribution in [3.05, 3.63) is 24.0 Å². The minimum atomic E-state index is 0.404. The Morgan fingerprint density at radius 1 is 1.20 bits per heavy atom. The summed E-state index contributed by atoms with van der Waals surface area (Å²) >= 11 is 0. The van der Waals surface area contributed by atoms with Crippen molar-refractivity contribution in [1.82, 2.24) is 15.1 Å². The van der Waals surface area contributed by atoms with Crippen LogP contribution in [0.4, 0.5) is 5.95 Å². The molecule has 0 spiro atoms. The van der Waals surface area contributed by atoms with Gasteiger partial charge in [0, 0.05) is 31.4 Å². The summed E-state index contributed by atoms with van der Waals surface area (Å²) in [6.45, 7) is 2.41. The lowest BCUT2D eigenvalue weighted by molar-refractivity contribution is 0.429. The van der Waals surface area contributed by atoms with E-state index < -0.39 is 0 Å². The number of hydrogen-bond acceptors (Lipinski definition) is 6. The molecule has 0 aliphatic carbocycles. The number of aromatic nitrogens is 3. The normalized spacial score (nSPS) is 16.1. The van der Waals surface area contributed by atoms with Crippen LogP contribution in [0.25, 0.3) is 11.5 Å².